The minimum absolute atomic E-state index is 0.0407. The first kappa shape index (κ1) is 16.1. The normalized spacial score (nSPS) is 25.9. The minimum Gasteiger partial charge on any atom is -0.464 e. The van der Waals surface area contributed by atoms with Crippen molar-refractivity contribution in [2.24, 2.45) is 0 Å². The molecule has 2 rings (SSSR count). The van der Waals surface area contributed by atoms with E-state index in [9.17, 15) is 18.0 Å². The van der Waals surface area contributed by atoms with Gasteiger partial charge in [-0.15, -0.1) is 0 Å². The van der Waals surface area contributed by atoms with Crippen LogP contribution in [0.3, 0.4) is 0 Å². The standard InChI is InChI=1S/C14H14ClF3O3/c1-2-20-12(19)11-7-8-13(21-11,14(16,17)18)9-3-5-10(15)6-4-9/h3-6,11H,2,7-8H2,1H3/t11-,13-/m0/s1. The maximum Gasteiger partial charge on any atom is 0.421 e. The van der Waals surface area contributed by atoms with Gasteiger partial charge < -0.3 is 9.47 Å². The molecule has 1 heterocycles. The Hall–Kier alpha value is -1.27. The number of rotatable bonds is 3. The van der Waals surface area contributed by atoms with Crippen molar-refractivity contribution in [3.63, 3.8) is 0 Å². The van der Waals surface area contributed by atoms with Crippen LogP contribution in [0.2, 0.25) is 5.02 Å². The van der Waals surface area contributed by atoms with Gasteiger partial charge >= 0.3 is 12.1 Å². The highest BCUT2D eigenvalue weighted by Crippen LogP contribution is 2.50. The van der Waals surface area contributed by atoms with Crippen LogP contribution in [0.5, 0.6) is 0 Å². The minimum atomic E-state index is -4.64. The molecule has 21 heavy (non-hydrogen) atoms. The molecule has 1 aromatic carbocycles. The summed E-state index contributed by atoms with van der Waals surface area (Å²) >= 11 is 5.70. The van der Waals surface area contributed by atoms with E-state index in [1.54, 1.807) is 6.92 Å². The lowest BCUT2D eigenvalue weighted by Gasteiger charge is -2.32. The number of hydrogen-bond acceptors (Lipinski definition) is 3. The molecule has 0 unspecified atom stereocenters. The van der Waals surface area contributed by atoms with Crippen molar-refractivity contribution in [1.29, 1.82) is 0 Å². The van der Waals surface area contributed by atoms with Gasteiger partial charge in [-0.25, -0.2) is 4.79 Å². The van der Waals surface area contributed by atoms with Gasteiger partial charge in [-0.2, -0.15) is 13.2 Å². The number of hydrogen-bond donors (Lipinski definition) is 0. The van der Waals surface area contributed by atoms with Crippen LogP contribution in [0.4, 0.5) is 13.2 Å². The first-order chi connectivity index (χ1) is 9.80. The topological polar surface area (TPSA) is 35.5 Å². The molecule has 0 N–H and O–H groups in total. The molecule has 3 nitrogen and oxygen atoms in total. The molecule has 116 valence electrons. The number of ether oxygens (including phenoxy) is 2. The van der Waals surface area contributed by atoms with Gasteiger partial charge in [0.05, 0.1) is 6.61 Å². The smallest absolute Gasteiger partial charge is 0.421 e. The van der Waals surface area contributed by atoms with E-state index in [1.807, 2.05) is 0 Å². The zero-order chi connectivity index (χ0) is 15.7. The summed E-state index contributed by atoms with van der Waals surface area (Å²) in [6, 6.07) is 5.27. The molecule has 0 spiro atoms. The van der Waals surface area contributed by atoms with Crippen LogP contribution in [-0.4, -0.2) is 24.9 Å². The van der Waals surface area contributed by atoms with Crippen LogP contribution in [0, 0.1) is 0 Å². The fraction of sp³-hybridized carbons (Fsp3) is 0.500. The van der Waals surface area contributed by atoms with Gasteiger partial charge in [-0.05, 0) is 37.5 Å². The monoisotopic (exact) mass is 322 g/mol. The van der Waals surface area contributed by atoms with Crippen molar-refractivity contribution in [2.75, 3.05) is 6.61 Å². The van der Waals surface area contributed by atoms with Crippen molar-refractivity contribution < 1.29 is 27.4 Å². The number of alkyl halides is 3. The summed E-state index contributed by atoms with van der Waals surface area (Å²) < 4.78 is 50.4. The van der Waals surface area contributed by atoms with Gasteiger partial charge in [0.15, 0.2) is 11.7 Å². The fourth-order valence-corrected chi connectivity index (χ4v) is 2.53. The highest BCUT2D eigenvalue weighted by molar-refractivity contribution is 6.30. The predicted octanol–water partition coefficient (Wildman–Crippen LogP) is 3.84. The second kappa shape index (κ2) is 5.85. The maximum atomic E-state index is 13.5. The van der Waals surface area contributed by atoms with Gasteiger partial charge in [0, 0.05) is 5.02 Å². The quantitative estimate of drug-likeness (QED) is 0.793. The van der Waals surface area contributed by atoms with Crippen molar-refractivity contribution in [2.45, 2.75) is 37.6 Å². The average molecular weight is 323 g/mol. The molecule has 2 atom stereocenters. The average Bonchev–Trinajstić information content (AvgIpc) is 2.86. The Kier molecular flexibility index (Phi) is 4.49. The summed E-state index contributed by atoms with van der Waals surface area (Å²) in [5.41, 5.74) is -2.55. The van der Waals surface area contributed by atoms with Crippen molar-refractivity contribution in [3.8, 4) is 0 Å². The third kappa shape index (κ3) is 3.01. The number of carbonyl (C=O) groups excluding carboxylic acids is 1. The summed E-state index contributed by atoms with van der Waals surface area (Å²) in [7, 11) is 0. The number of carbonyl (C=O) groups is 1. The Morgan fingerprint density at radius 3 is 2.57 bits per heavy atom. The molecule has 7 heteroatoms. The van der Waals surface area contributed by atoms with Gasteiger partial charge in [-0.1, -0.05) is 23.7 Å². The highest BCUT2D eigenvalue weighted by Gasteiger charge is 2.62. The number of benzene rings is 1. The summed E-state index contributed by atoms with van der Waals surface area (Å²) in [4.78, 5) is 11.6. The van der Waals surface area contributed by atoms with Gasteiger partial charge in [0.25, 0.3) is 0 Å². The molecule has 1 saturated heterocycles. The zero-order valence-corrected chi connectivity index (χ0v) is 12.0. The summed E-state index contributed by atoms with van der Waals surface area (Å²) in [5, 5.41) is 0.330. The maximum absolute atomic E-state index is 13.5. The van der Waals surface area contributed by atoms with Crippen LogP contribution in [0.1, 0.15) is 25.3 Å². The zero-order valence-electron chi connectivity index (χ0n) is 11.2. The molecule has 0 saturated carbocycles. The third-order valence-electron chi connectivity index (χ3n) is 3.42. The first-order valence-electron chi connectivity index (χ1n) is 6.47. The summed E-state index contributed by atoms with van der Waals surface area (Å²) in [5.74, 6) is -0.766. The van der Waals surface area contributed by atoms with E-state index in [0.29, 0.717) is 5.02 Å². The molecule has 1 fully saturated rings. The summed E-state index contributed by atoms with van der Waals surface area (Å²) in [6.07, 6.45) is -6.22. The van der Waals surface area contributed by atoms with Gasteiger partial charge in [-0.3, -0.25) is 0 Å². The molecule has 1 aliphatic rings. The molecular weight excluding hydrogens is 309 g/mol. The molecule has 0 amide bonds. The van der Waals surface area contributed by atoms with E-state index in [0.717, 1.165) is 0 Å². The first-order valence-corrected chi connectivity index (χ1v) is 6.85. The Labute approximate surface area is 125 Å². The van der Waals surface area contributed by atoms with E-state index < -0.39 is 23.9 Å². The van der Waals surface area contributed by atoms with Crippen LogP contribution in [-0.2, 0) is 19.9 Å². The van der Waals surface area contributed by atoms with Crippen LogP contribution >= 0.6 is 11.6 Å². The SMILES string of the molecule is CCOC(=O)[C@@H]1CC[C@](c2ccc(Cl)cc2)(C(F)(F)F)O1. The number of esters is 1. The summed E-state index contributed by atoms with van der Waals surface area (Å²) in [6.45, 7) is 1.68. The lowest BCUT2D eigenvalue weighted by atomic mass is 9.90. The molecule has 1 aliphatic heterocycles. The van der Waals surface area contributed by atoms with E-state index in [2.05, 4.69) is 0 Å². The van der Waals surface area contributed by atoms with Crippen LogP contribution < -0.4 is 0 Å². The second-order valence-electron chi connectivity index (χ2n) is 4.73. The Morgan fingerprint density at radius 2 is 2.05 bits per heavy atom. The number of halogens is 4. The van der Waals surface area contributed by atoms with Crippen LogP contribution in [0.25, 0.3) is 0 Å². The fourth-order valence-electron chi connectivity index (χ4n) is 2.40. The van der Waals surface area contributed by atoms with E-state index in [-0.39, 0.29) is 25.0 Å². The Morgan fingerprint density at radius 1 is 1.43 bits per heavy atom. The second-order valence-corrected chi connectivity index (χ2v) is 5.17. The third-order valence-corrected chi connectivity index (χ3v) is 3.67. The van der Waals surface area contributed by atoms with E-state index in [4.69, 9.17) is 21.1 Å². The van der Waals surface area contributed by atoms with Crippen LogP contribution in [0.15, 0.2) is 24.3 Å². The molecular formula is C14H14ClF3O3. The molecule has 0 aromatic heterocycles. The van der Waals surface area contributed by atoms with Crippen molar-refractivity contribution >= 4 is 17.6 Å². The lowest BCUT2D eigenvalue weighted by Crippen LogP contribution is -2.43. The van der Waals surface area contributed by atoms with Crippen molar-refractivity contribution in [3.05, 3.63) is 34.9 Å². The van der Waals surface area contributed by atoms with Gasteiger partial charge in [0.2, 0.25) is 0 Å². The molecule has 0 radical (unpaired) electrons. The Balaban J connectivity index is 2.33. The molecule has 0 aliphatic carbocycles. The van der Waals surface area contributed by atoms with Gasteiger partial charge in [0.1, 0.15) is 0 Å². The largest absolute Gasteiger partial charge is 0.464 e. The molecule has 0 bridgehead atoms. The predicted molar refractivity (Wildman–Crippen MR) is 69.9 cm³/mol. The molecule has 1 aromatic rings. The Bertz CT molecular complexity index is 515. The van der Waals surface area contributed by atoms with E-state index in [1.165, 1.54) is 24.3 Å². The van der Waals surface area contributed by atoms with Crippen molar-refractivity contribution in [1.82, 2.24) is 0 Å². The highest BCUT2D eigenvalue weighted by atomic mass is 35.5. The lowest BCUT2D eigenvalue weighted by molar-refractivity contribution is -0.277. The van der Waals surface area contributed by atoms with E-state index >= 15 is 0 Å².